The molecule has 1 rings (SSSR count). The van der Waals surface area contributed by atoms with Crippen molar-refractivity contribution < 1.29 is 0 Å². The number of para-hydroxylation sites is 1. The number of benzene rings is 1. The van der Waals surface area contributed by atoms with Crippen molar-refractivity contribution >= 4 is 11.5 Å². The highest BCUT2D eigenvalue weighted by molar-refractivity contribution is 6.01. The lowest BCUT2D eigenvalue weighted by molar-refractivity contribution is 0.590. The Hall–Kier alpha value is -1.51. The van der Waals surface area contributed by atoms with Crippen LogP contribution in [0.4, 0.5) is 5.69 Å². The molecular weight excluding hydrogens is 210 g/mol. The topological polar surface area (TPSA) is 53.1 Å². The number of anilines is 1. The Bertz CT molecular complexity index is 394. The first-order chi connectivity index (χ1) is 8.02. The van der Waals surface area contributed by atoms with E-state index in [2.05, 4.69) is 38.8 Å². The summed E-state index contributed by atoms with van der Waals surface area (Å²) in [7, 11) is 2.09. The van der Waals surface area contributed by atoms with Crippen molar-refractivity contribution in [2.45, 2.75) is 39.7 Å². The van der Waals surface area contributed by atoms with Gasteiger partial charge in [0.2, 0.25) is 0 Å². The number of nitrogens with one attached hydrogen (secondary N) is 1. The normalized spacial score (nSPS) is 10.6. The number of rotatable bonds is 5. The van der Waals surface area contributed by atoms with Crippen LogP contribution in [0.25, 0.3) is 0 Å². The van der Waals surface area contributed by atoms with E-state index in [1.807, 2.05) is 12.1 Å². The number of hydrogen-bond acceptors (Lipinski definition) is 2. The molecule has 0 heterocycles. The standard InChI is InChI=1S/C14H23N3/c1-5-11(6-2)17(4)13-10(3)8-7-9-12(13)14(15)16/h7-9,11H,5-6H2,1-4H3,(H3,15,16). The molecule has 1 aromatic carbocycles. The Balaban J connectivity index is 3.23. The van der Waals surface area contributed by atoms with Crippen LogP contribution in [0.3, 0.4) is 0 Å². The quantitative estimate of drug-likeness (QED) is 0.607. The molecule has 0 aliphatic heterocycles. The van der Waals surface area contributed by atoms with E-state index in [0.717, 1.165) is 24.1 Å². The average molecular weight is 233 g/mol. The molecule has 0 aromatic heterocycles. The summed E-state index contributed by atoms with van der Waals surface area (Å²) < 4.78 is 0. The van der Waals surface area contributed by atoms with Crippen LogP contribution in [0.2, 0.25) is 0 Å². The summed E-state index contributed by atoms with van der Waals surface area (Å²) in [5, 5.41) is 7.67. The van der Waals surface area contributed by atoms with E-state index in [9.17, 15) is 0 Å². The lowest BCUT2D eigenvalue weighted by Crippen LogP contribution is -2.33. The summed E-state index contributed by atoms with van der Waals surface area (Å²) in [6.45, 7) is 6.45. The Labute approximate surface area is 104 Å². The van der Waals surface area contributed by atoms with E-state index in [-0.39, 0.29) is 5.84 Å². The van der Waals surface area contributed by atoms with Crippen LogP contribution in [0.15, 0.2) is 18.2 Å². The fraction of sp³-hybridized carbons (Fsp3) is 0.500. The van der Waals surface area contributed by atoms with Crippen molar-refractivity contribution in [3.8, 4) is 0 Å². The minimum Gasteiger partial charge on any atom is -0.384 e. The van der Waals surface area contributed by atoms with Gasteiger partial charge in [0.1, 0.15) is 5.84 Å². The van der Waals surface area contributed by atoms with Crippen molar-refractivity contribution in [3.05, 3.63) is 29.3 Å². The third-order valence-corrected chi connectivity index (χ3v) is 3.37. The van der Waals surface area contributed by atoms with Gasteiger partial charge in [0.05, 0.1) is 5.69 Å². The molecule has 0 amide bonds. The van der Waals surface area contributed by atoms with Crippen molar-refractivity contribution in [1.82, 2.24) is 0 Å². The van der Waals surface area contributed by atoms with Crippen molar-refractivity contribution in [2.75, 3.05) is 11.9 Å². The monoisotopic (exact) mass is 233 g/mol. The van der Waals surface area contributed by atoms with E-state index in [0.29, 0.717) is 6.04 Å². The first kappa shape index (κ1) is 13.6. The summed E-state index contributed by atoms with van der Waals surface area (Å²) in [5.41, 5.74) is 8.76. The maximum absolute atomic E-state index is 7.67. The zero-order valence-electron chi connectivity index (χ0n) is 11.2. The molecule has 1 aromatic rings. The molecular formula is C14H23N3. The zero-order chi connectivity index (χ0) is 13.0. The van der Waals surface area contributed by atoms with Gasteiger partial charge in [0, 0.05) is 18.7 Å². The van der Waals surface area contributed by atoms with Crippen LogP contribution in [0.1, 0.15) is 37.8 Å². The summed E-state index contributed by atoms with van der Waals surface area (Å²) in [4.78, 5) is 2.26. The molecule has 3 heteroatoms. The summed E-state index contributed by atoms with van der Waals surface area (Å²) in [5.74, 6) is 0.140. The maximum Gasteiger partial charge on any atom is 0.124 e. The number of nitrogens with zero attached hydrogens (tertiary/aromatic N) is 1. The van der Waals surface area contributed by atoms with Gasteiger partial charge in [-0.2, -0.15) is 0 Å². The predicted molar refractivity (Wildman–Crippen MR) is 75.0 cm³/mol. The van der Waals surface area contributed by atoms with Crippen LogP contribution < -0.4 is 10.6 Å². The Morgan fingerprint density at radius 1 is 1.35 bits per heavy atom. The second-order valence-corrected chi connectivity index (χ2v) is 4.47. The van der Waals surface area contributed by atoms with Gasteiger partial charge in [0.15, 0.2) is 0 Å². The van der Waals surface area contributed by atoms with Crippen LogP contribution >= 0.6 is 0 Å². The molecule has 0 aliphatic carbocycles. The molecule has 0 atom stereocenters. The minimum absolute atomic E-state index is 0.140. The highest BCUT2D eigenvalue weighted by Crippen LogP contribution is 2.27. The van der Waals surface area contributed by atoms with E-state index in [1.54, 1.807) is 0 Å². The molecule has 0 radical (unpaired) electrons. The second kappa shape index (κ2) is 5.71. The first-order valence-corrected chi connectivity index (χ1v) is 6.19. The molecule has 3 N–H and O–H groups in total. The fourth-order valence-electron chi connectivity index (χ4n) is 2.36. The number of hydrogen-bond donors (Lipinski definition) is 2. The SMILES string of the molecule is CCC(CC)N(C)c1c(C)cccc1C(=N)N. The molecule has 0 bridgehead atoms. The lowest BCUT2D eigenvalue weighted by Gasteiger charge is -2.31. The maximum atomic E-state index is 7.67. The van der Waals surface area contributed by atoms with E-state index in [1.165, 1.54) is 5.56 Å². The summed E-state index contributed by atoms with van der Waals surface area (Å²) in [6, 6.07) is 6.44. The molecule has 0 fully saturated rings. The Morgan fingerprint density at radius 2 is 1.94 bits per heavy atom. The first-order valence-electron chi connectivity index (χ1n) is 6.19. The van der Waals surface area contributed by atoms with Crippen molar-refractivity contribution in [1.29, 1.82) is 5.41 Å². The fourth-order valence-corrected chi connectivity index (χ4v) is 2.36. The third-order valence-electron chi connectivity index (χ3n) is 3.37. The van der Waals surface area contributed by atoms with Gasteiger partial charge in [-0.25, -0.2) is 0 Å². The molecule has 0 saturated carbocycles. The molecule has 3 nitrogen and oxygen atoms in total. The largest absolute Gasteiger partial charge is 0.384 e. The van der Waals surface area contributed by atoms with Crippen LogP contribution in [0, 0.1) is 12.3 Å². The van der Waals surface area contributed by atoms with Gasteiger partial charge in [0.25, 0.3) is 0 Å². The van der Waals surface area contributed by atoms with Gasteiger partial charge in [-0.1, -0.05) is 26.0 Å². The average Bonchev–Trinajstić information content (AvgIpc) is 2.29. The number of aryl methyl sites for hydroxylation is 1. The van der Waals surface area contributed by atoms with Gasteiger partial charge in [-0.15, -0.1) is 0 Å². The molecule has 17 heavy (non-hydrogen) atoms. The minimum atomic E-state index is 0.140. The second-order valence-electron chi connectivity index (χ2n) is 4.47. The summed E-state index contributed by atoms with van der Waals surface area (Å²) >= 11 is 0. The highest BCUT2D eigenvalue weighted by atomic mass is 15.1. The lowest BCUT2D eigenvalue weighted by atomic mass is 10.0. The molecule has 0 aliphatic rings. The number of nitrogen functional groups attached to an aromatic ring is 1. The van der Waals surface area contributed by atoms with Crippen molar-refractivity contribution in [3.63, 3.8) is 0 Å². The van der Waals surface area contributed by atoms with Gasteiger partial charge >= 0.3 is 0 Å². The van der Waals surface area contributed by atoms with Crippen LogP contribution in [0.5, 0.6) is 0 Å². The van der Waals surface area contributed by atoms with Gasteiger partial charge < -0.3 is 10.6 Å². The summed E-state index contributed by atoms with van der Waals surface area (Å²) in [6.07, 6.45) is 2.19. The highest BCUT2D eigenvalue weighted by Gasteiger charge is 2.17. The molecule has 0 unspecified atom stereocenters. The molecule has 0 saturated heterocycles. The van der Waals surface area contributed by atoms with E-state index < -0.39 is 0 Å². The molecule has 94 valence electrons. The van der Waals surface area contributed by atoms with Gasteiger partial charge in [-0.3, -0.25) is 5.41 Å². The van der Waals surface area contributed by atoms with Crippen molar-refractivity contribution in [2.24, 2.45) is 5.73 Å². The van der Waals surface area contributed by atoms with Gasteiger partial charge in [-0.05, 0) is 31.4 Å². The Morgan fingerprint density at radius 3 is 2.41 bits per heavy atom. The van der Waals surface area contributed by atoms with Crippen LogP contribution in [-0.4, -0.2) is 18.9 Å². The third kappa shape index (κ3) is 2.78. The van der Waals surface area contributed by atoms with E-state index in [4.69, 9.17) is 11.1 Å². The predicted octanol–water partition coefficient (Wildman–Crippen LogP) is 2.90. The smallest absolute Gasteiger partial charge is 0.124 e. The van der Waals surface area contributed by atoms with Crippen LogP contribution in [-0.2, 0) is 0 Å². The number of amidine groups is 1. The number of nitrogens with two attached hydrogens (primary N) is 1. The van der Waals surface area contributed by atoms with E-state index >= 15 is 0 Å². The molecule has 0 spiro atoms. The zero-order valence-corrected chi connectivity index (χ0v) is 11.2. The Kier molecular flexibility index (Phi) is 4.55.